The lowest BCUT2D eigenvalue weighted by atomic mass is 9.94. The maximum Gasteiger partial charge on any atom is 0.0405 e. The minimum atomic E-state index is 0.649. The molecule has 0 saturated heterocycles. The van der Waals surface area contributed by atoms with E-state index in [4.69, 9.17) is 0 Å². The van der Waals surface area contributed by atoms with Crippen LogP contribution >= 0.6 is 0 Å². The fraction of sp³-hybridized carbons (Fsp3) is 0.286. The molecule has 1 aliphatic carbocycles. The van der Waals surface area contributed by atoms with Crippen molar-refractivity contribution in [3.63, 3.8) is 0 Å². The largest absolute Gasteiger partial charge is 0.349 e. The Hall–Kier alpha value is -1.50. The van der Waals surface area contributed by atoms with Gasteiger partial charge in [-0.1, -0.05) is 36.4 Å². The second-order valence-corrected chi connectivity index (χ2v) is 4.03. The summed E-state index contributed by atoms with van der Waals surface area (Å²) >= 11 is 0. The SMILES string of the molecule is C/C(=C/C1C=CC1)N(C)c1ccccc1. The predicted octanol–water partition coefficient (Wildman–Crippen LogP) is 3.60. The highest BCUT2D eigenvalue weighted by Gasteiger charge is 2.09. The molecule has 2 rings (SSSR count). The van der Waals surface area contributed by atoms with Crippen molar-refractivity contribution < 1.29 is 0 Å². The van der Waals surface area contributed by atoms with E-state index in [0.29, 0.717) is 5.92 Å². The molecule has 1 heteroatoms. The van der Waals surface area contributed by atoms with Crippen LogP contribution in [0.15, 0.2) is 54.3 Å². The van der Waals surface area contributed by atoms with Crippen LogP contribution in [0.2, 0.25) is 0 Å². The molecule has 1 atom stereocenters. The van der Waals surface area contributed by atoms with E-state index in [0.717, 1.165) is 0 Å². The summed E-state index contributed by atoms with van der Waals surface area (Å²) in [5.41, 5.74) is 2.56. The van der Waals surface area contributed by atoms with Gasteiger partial charge in [0, 0.05) is 24.4 Å². The monoisotopic (exact) mass is 199 g/mol. The molecule has 0 amide bonds. The van der Waals surface area contributed by atoms with Crippen molar-refractivity contribution >= 4 is 5.69 Å². The van der Waals surface area contributed by atoms with Crippen molar-refractivity contribution in [2.75, 3.05) is 11.9 Å². The maximum atomic E-state index is 2.33. The Morgan fingerprint density at radius 1 is 1.33 bits per heavy atom. The Labute approximate surface area is 91.7 Å². The van der Waals surface area contributed by atoms with Crippen molar-refractivity contribution in [3.8, 4) is 0 Å². The van der Waals surface area contributed by atoms with Gasteiger partial charge in [-0.05, 0) is 25.5 Å². The van der Waals surface area contributed by atoms with Gasteiger partial charge in [0.15, 0.2) is 0 Å². The molecule has 0 spiro atoms. The fourth-order valence-electron chi connectivity index (χ4n) is 1.69. The smallest absolute Gasteiger partial charge is 0.0405 e. The number of nitrogens with zero attached hydrogens (tertiary/aromatic N) is 1. The van der Waals surface area contributed by atoms with E-state index in [1.165, 1.54) is 17.8 Å². The molecule has 0 heterocycles. The van der Waals surface area contributed by atoms with Crippen molar-refractivity contribution in [1.29, 1.82) is 0 Å². The summed E-state index contributed by atoms with van der Waals surface area (Å²) in [6, 6.07) is 10.5. The van der Waals surface area contributed by atoms with Crippen LogP contribution in [0.1, 0.15) is 13.3 Å². The molecule has 1 unspecified atom stereocenters. The van der Waals surface area contributed by atoms with Gasteiger partial charge in [0.25, 0.3) is 0 Å². The first-order chi connectivity index (χ1) is 7.27. The third-order valence-electron chi connectivity index (χ3n) is 2.92. The molecule has 0 aliphatic heterocycles. The minimum Gasteiger partial charge on any atom is -0.349 e. The zero-order valence-electron chi connectivity index (χ0n) is 9.35. The van der Waals surface area contributed by atoms with Crippen LogP contribution in [-0.4, -0.2) is 7.05 Å². The van der Waals surface area contributed by atoms with Crippen LogP contribution in [0.25, 0.3) is 0 Å². The molecule has 0 saturated carbocycles. The first-order valence-corrected chi connectivity index (χ1v) is 5.41. The van der Waals surface area contributed by atoms with E-state index in [2.05, 4.69) is 61.4 Å². The van der Waals surface area contributed by atoms with Gasteiger partial charge >= 0.3 is 0 Å². The number of benzene rings is 1. The second kappa shape index (κ2) is 4.35. The highest BCUT2D eigenvalue weighted by molar-refractivity contribution is 5.50. The summed E-state index contributed by atoms with van der Waals surface area (Å²) in [5.74, 6) is 0.649. The average Bonchev–Trinajstić information content (AvgIpc) is 2.23. The molecule has 0 N–H and O–H groups in total. The molecule has 1 aromatic rings. The number of para-hydroxylation sites is 1. The molecule has 0 radical (unpaired) electrons. The zero-order valence-corrected chi connectivity index (χ0v) is 9.35. The van der Waals surface area contributed by atoms with Gasteiger partial charge in [-0.3, -0.25) is 0 Å². The molecule has 1 nitrogen and oxygen atoms in total. The Morgan fingerprint density at radius 3 is 2.53 bits per heavy atom. The molecule has 1 aromatic carbocycles. The van der Waals surface area contributed by atoms with E-state index in [9.17, 15) is 0 Å². The number of allylic oxidation sites excluding steroid dienone is 4. The standard InChI is InChI=1S/C14H17N/c1-12(11-13-7-6-8-13)15(2)14-9-4-3-5-10-14/h3-7,9-11,13H,8H2,1-2H3/b12-11-. The summed E-state index contributed by atoms with van der Waals surface area (Å²) in [7, 11) is 2.11. The Kier molecular flexibility index (Phi) is 2.91. The lowest BCUT2D eigenvalue weighted by Crippen LogP contribution is -2.15. The second-order valence-electron chi connectivity index (χ2n) is 4.03. The van der Waals surface area contributed by atoms with Crippen LogP contribution in [0.3, 0.4) is 0 Å². The van der Waals surface area contributed by atoms with Crippen molar-refractivity contribution in [1.82, 2.24) is 0 Å². The van der Waals surface area contributed by atoms with Crippen LogP contribution < -0.4 is 4.90 Å². The van der Waals surface area contributed by atoms with E-state index < -0.39 is 0 Å². The summed E-state index contributed by atoms with van der Waals surface area (Å²) in [5, 5.41) is 0. The zero-order chi connectivity index (χ0) is 10.7. The van der Waals surface area contributed by atoms with Gasteiger partial charge in [0.05, 0.1) is 0 Å². The summed E-state index contributed by atoms with van der Waals surface area (Å²) in [4.78, 5) is 2.23. The third-order valence-corrected chi connectivity index (χ3v) is 2.92. The topological polar surface area (TPSA) is 3.24 Å². The van der Waals surface area contributed by atoms with E-state index in [1.54, 1.807) is 0 Å². The van der Waals surface area contributed by atoms with E-state index in [-0.39, 0.29) is 0 Å². The molecule has 0 fully saturated rings. The molecule has 0 bridgehead atoms. The molecular formula is C14H17N. The number of hydrogen-bond donors (Lipinski definition) is 0. The number of rotatable bonds is 3. The van der Waals surface area contributed by atoms with Gasteiger partial charge < -0.3 is 4.90 Å². The Morgan fingerprint density at radius 2 is 2.00 bits per heavy atom. The normalized spacial score (nSPS) is 19.9. The highest BCUT2D eigenvalue weighted by Crippen LogP contribution is 2.22. The summed E-state index contributed by atoms with van der Waals surface area (Å²) in [6.07, 6.45) is 7.99. The molecule has 78 valence electrons. The van der Waals surface area contributed by atoms with Crippen LogP contribution in [0, 0.1) is 5.92 Å². The fourth-order valence-corrected chi connectivity index (χ4v) is 1.69. The van der Waals surface area contributed by atoms with E-state index >= 15 is 0 Å². The van der Waals surface area contributed by atoms with Crippen LogP contribution in [0.5, 0.6) is 0 Å². The highest BCUT2D eigenvalue weighted by atomic mass is 15.1. The van der Waals surface area contributed by atoms with Crippen LogP contribution in [-0.2, 0) is 0 Å². The van der Waals surface area contributed by atoms with E-state index in [1.807, 2.05) is 6.07 Å². The Bertz CT molecular complexity index is 376. The van der Waals surface area contributed by atoms with Gasteiger partial charge in [-0.25, -0.2) is 0 Å². The van der Waals surface area contributed by atoms with Gasteiger partial charge in [-0.15, -0.1) is 0 Å². The molecule has 15 heavy (non-hydrogen) atoms. The van der Waals surface area contributed by atoms with Crippen molar-refractivity contribution in [2.45, 2.75) is 13.3 Å². The average molecular weight is 199 g/mol. The quantitative estimate of drug-likeness (QED) is 0.672. The van der Waals surface area contributed by atoms with Crippen LogP contribution in [0.4, 0.5) is 5.69 Å². The van der Waals surface area contributed by atoms with Crippen molar-refractivity contribution in [2.24, 2.45) is 5.92 Å². The predicted molar refractivity (Wildman–Crippen MR) is 65.8 cm³/mol. The summed E-state index contributed by atoms with van der Waals surface area (Å²) < 4.78 is 0. The lowest BCUT2D eigenvalue weighted by Gasteiger charge is -2.23. The number of hydrogen-bond acceptors (Lipinski definition) is 1. The van der Waals surface area contributed by atoms with Crippen molar-refractivity contribution in [3.05, 3.63) is 54.3 Å². The Balaban J connectivity index is 2.10. The lowest BCUT2D eigenvalue weighted by molar-refractivity contribution is 0.748. The maximum absolute atomic E-state index is 2.33. The van der Waals surface area contributed by atoms with Gasteiger partial charge in [0.1, 0.15) is 0 Å². The number of anilines is 1. The molecule has 1 aliphatic rings. The third kappa shape index (κ3) is 2.30. The first-order valence-electron chi connectivity index (χ1n) is 5.41. The van der Waals surface area contributed by atoms with Gasteiger partial charge in [0.2, 0.25) is 0 Å². The van der Waals surface area contributed by atoms with Gasteiger partial charge in [-0.2, -0.15) is 0 Å². The minimum absolute atomic E-state index is 0.649. The first kappa shape index (κ1) is 10.0. The molecule has 0 aromatic heterocycles. The molecular weight excluding hydrogens is 182 g/mol. The summed E-state index contributed by atoms with van der Waals surface area (Å²) in [6.45, 7) is 2.17.